The van der Waals surface area contributed by atoms with Crippen LogP contribution in [0.5, 0.6) is 0 Å². The first kappa shape index (κ1) is 12.8. The number of aliphatic hydroxyl groups excluding tert-OH is 1. The van der Waals surface area contributed by atoms with Gasteiger partial charge >= 0.3 is 0 Å². The van der Waals surface area contributed by atoms with Gasteiger partial charge in [0, 0.05) is 18.7 Å². The van der Waals surface area contributed by atoms with E-state index in [1.165, 1.54) is 0 Å². The molecular formula is C10H12F3NO2. The summed E-state index contributed by atoms with van der Waals surface area (Å²) in [6, 6.07) is 1.19. The maximum Gasteiger partial charge on any atom is 0.152 e. The maximum atomic E-state index is 13.1. The van der Waals surface area contributed by atoms with Crippen molar-refractivity contribution in [3.8, 4) is 0 Å². The van der Waals surface area contributed by atoms with E-state index < -0.39 is 17.5 Å². The van der Waals surface area contributed by atoms with E-state index in [-0.39, 0.29) is 32.1 Å². The Bertz CT molecular complexity index is 324. The molecule has 0 aliphatic rings. The Hall–Kier alpha value is -1.27. The number of halogens is 3. The molecule has 3 nitrogen and oxygen atoms in total. The predicted molar refractivity (Wildman–Crippen MR) is 52.7 cm³/mol. The SMILES string of the molecule is OCCOCCNc1c(F)cc(F)cc1F. The van der Waals surface area contributed by atoms with Gasteiger partial charge in [-0.2, -0.15) is 0 Å². The van der Waals surface area contributed by atoms with E-state index in [0.29, 0.717) is 12.1 Å². The molecule has 0 saturated carbocycles. The van der Waals surface area contributed by atoms with Crippen molar-refractivity contribution >= 4 is 5.69 Å². The van der Waals surface area contributed by atoms with Gasteiger partial charge in [-0.3, -0.25) is 0 Å². The van der Waals surface area contributed by atoms with Crippen LogP contribution in [0.25, 0.3) is 0 Å². The van der Waals surface area contributed by atoms with Crippen molar-refractivity contribution in [3.63, 3.8) is 0 Å². The molecule has 2 N–H and O–H groups in total. The van der Waals surface area contributed by atoms with E-state index in [0.717, 1.165) is 0 Å². The van der Waals surface area contributed by atoms with Gasteiger partial charge in [0.05, 0.1) is 19.8 Å². The second kappa shape index (κ2) is 6.34. The summed E-state index contributed by atoms with van der Waals surface area (Å²) < 4.78 is 43.5. The van der Waals surface area contributed by atoms with Gasteiger partial charge in [-0.1, -0.05) is 0 Å². The molecule has 0 aromatic heterocycles. The summed E-state index contributed by atoms with van der Waals surface area (Å²) in [5.41, 5.74) is -0.381. The first-order chi connectivity index (χ1) is 7.65. The minimum atomic E-state index is -0.986. The third kappa shape index (κ3) is 3.71. The van der Waals surface area contributed by atoms with Gasteiger partial charge in [-0.05, 0) is 0 Å². The Kier molecular flexibility index (Phi) is 5.07. The van der Waals surface area contributed by atoms with E-state index in [4.69, 9.17) is 9.84 Å². The molecular weight excluding hydrogens is 223 g/mol. The minimum Gasteiger partial charge on any atom is -0.394 e. The Morgan fingerprint density at radius 3 is 2.31 bits per heavy atom. The molecule has 16 heavy (non-hydrogen) atoms. The molecule has 1 aromatic carbocycles. The second-order valence-corrected chi connectivity index (χ2v) is 3.01. The molecule has 0 fully saturated rings. The summed E-state index contributed by atoms with van der Waals surface area (Å²) >= 11 is 0. The monoisotopic (exact) mass is 235 g/mol. The molecule has 0 bridgehead atoms. The Morgan fingerprint density at radius 2 is 1.75 bits per heavy atom. The summed E-state index contributed by atoms with van der Waals surface area (Å²) in [5.74, 6) is -2.93. The zero-order valence-corrected chi connectivity index (χ0v) is 8.47. The van der Waals surface area contributed by atoms with Crippen molar-refractivity contribution in [1.29, 1.82) is 0 Å². The van der Waals surface area contributed by atoms with E-state index in [9.17, 15) is 13.2 Å². The first-order valence-corrected chi connectivity index (χ1v) is 4.72. The van der Waals surface area contributed by atoms with Crippen molar-refractivity contribution in [3.05, 3.63) is 29.6 Å². The van der Waals surface area contributed by atoms with Gasteiger partial charge in [0.1, 0.15) is 11.5 Å². The lowest BCUT2D eigenvalue weighted by Crippen LogP contribution is -2.13. The summed E-state index contributed by atoms with van der Waals surface area (Å²) in [5, 5.41) is 10.8. The Balaban J connectivity index is 2.47. The molecule has 0 heterocycles. The van der Waals surface area contributed by atoms with Crippen molar-refractivity contribution in [2.45, 2.75) is 0 Å². The zero-order chi connectivity index (χ0) is 12.0. The molecule has 0 atom stereocenters. The fraction of sp³-hybridized carbons (Fsp3) is 0.400. The highest BCUT2D eigenvalue weighted by atomic mass is 19.1. The summed E-state index contributed by atoms with van der Waals surface area (Å²) in [6.07, 6.45) is 0. The van der Waals surface area contributed by atoms with Gasteiger partial charge in [0.25, 0.3) is 0 Å². The van der Waals surface area contributed by atoms with Crippen LogP contribution in [-0.2, 0) is 4.74 Å². The van der Waals surface area contributed by atoms with E-state index in [1.807, 2.05) is 0 Å². The lowest BCUT2D eigenvalue weighted by atomic mass is 10.3. The van der Waals surface area contributed by atoms with Crippen LogP contribution in [0.3, 0.4) is 0 Å². The fourth-order valence-electron chi connectivity index (χ4n) is 1.13. The van der Waals surface area contributed by atoms with Crippen LogP contribution in [0, 0.1) is 17.5 Å². The lowest BCUT2D eigenvalue weighted by Gasteiger charge is -2.08. The molecule has 6 heteroatoms. The van der Waals surface area contributed by atoms with Crippen molar-refractivity contribution in [2.75, 3.05) is 31.7 Å². The number of hydrogen-bond donors (Lipinski definition) is 2. The highest BCUT2D eigenvalue weighted by Crippen LogP contribution is 2.19. The van der Waals surface area contributed by atoms with Gasteiger partial charge < -0.3 is 15.2 Å². The molecule has 0 spiro atoms. The first-order valence-electron chi connectivity index (χ1n) is 4.72. The van der Waals surface area contributed by atoms with Crippen molar-refractivity contribution in [1.82, 2.24) is 0 Å². The summed E-state index contributed by atoms with van der Waals surface area (Å²) in [7, 11) is 0. The van der Waals surface area contributed by atoms with Crippen LogP contribution in [0.2, 0.25) is 0 Å². The highest BCUT2D eigenvalue weighted by molar-refractivity contribution is 5.46. The van der Waals surface area contributed by atoms with Crippen LogP contribution in [0.1, 0.15) is 0 Å². The third-order valence-electron chi connectivity index (χ3n) is 1.79. The highest BCUT2D eigenvalue weighted by Gasteiger charge is 2.10. The van der Waals surface area contributed by atoms with Gasteiger partial charge in [0.15, 0.2) is 11.6 Å². The molecule has 0 radical (unpaired) electrons. The average Bonchev–Trinajstić information content (AvgIpc) is 2.20. The minimum absolute atomic E-state index is 0.112. The van der Waals surface area contributed by atoms with Gasteiger partial charge in [-0.15, -0.1) is 0 Å². The average molecular weight is 235 g/mol. The number of anilines is 1. The zero-order valence-electron chi connectivity index (χ0n) is 8.47. The molecule has 90 valence electrons. The molecule has 0 amide bonds. The predicted octanol–water partition coefficient (Wildman–Crippen LogP) is 1.52. The third-order valence-corrected chi connectivity index (χ3v) is 1.79. The number of aliphatic hydroxyl groups is 1. The maximum absolute atomic E-state index is 13.1. The smallest absolute Gasteiger partial charge is 0.152 e. The van der Waals surface area contributed by atoms with Crippen LogP contribution in [-0.4, -0.2) is 31.5 Å². The second-order valence-electron chi connectivity index (χ2n) is 3.01. The fourth-order valence-corrected chi connectivity index (χ4v) is 1.13. The quantitative estimate of drug-likeness (QED) is 0.735. The van der Waals surface area contributed by atoms with E-state index >= 15 is 0 Å². The normalized spacial score (nSPS) is 10.5. The molecule has 1 aromatic rings. The Labute approximate surface area is 90.8 Å². The largest absolute Gasteiger partial charge is 0.394 e. The molecule has 0 aliphatic carbocycles. The van der Waals surface area contributed by atoms with Crippen molar-refractivity contribution in [2.24, 2.45) is 0 Å². The van der Waals surface area contributed by atoms with E-state index in [1.54, 1.807) is 0 Å². The molecule has 1 rings (SSSR count). The number of hydrogen-bond acceptors (Lipinski definition) is 3. The van der Waals surface area contributed by atoms with Crippen LogP contribution in [0.4, 0.5) is 18.9 Å². The van der Waals surface area contributed by atoms with Crippen molar-refractivity contribution < 1.29 is 23.0 Å². The number of rotatable bonds is 6. The summed E-state index contributed by atoms with van der Waals surface area (Å²) in [6.45, 7) is 0.408. The Morgan fingerprint density at radius 1 is 1.12 bits per heavy atom. The number of benzene rings is 1. The van der Waals surface area contributed by atoms with Crippen LogP contribution >= 0.6 is 0 Å². The van der Waals surface area contributed by atoms with Crippen LogP contribution in [0.15, 0.2) is 12.1 Å². The molecule has 0 unspecified atom stereocenters. The molecule has 0 saturated heterocycles. The number of ether oxygens (including phenoxy) is 1. The topological polar surface area (TPSA) is 41.5 Å². The van der Waals surface area contributed by atoms with Gasteiger partial charge in [-0.25, -0.2) is 13.2 Å². The van der Waals surface area contributed by atoms with Gasteiger partial charge in [0.2, 0.25) is 0 Å². The lowest BCUT2D eigenvalue weighted by molar-refractivity contribution is 0.0991. The standard InChI is InChI=1S/C10H12F3NO2/c11-7-5-8(12)10(9(13)6-7)14-1-3-16-4-2-15/h5-6,14-15H,1-4H2. The summed E-state index contributed by atoms with van der Waals surface area (Å²) in [4.78, 5) is 0. The van der Waals surface area contributed by atoms with E-state index in [2.05, 4.69) is 5.32 Å². The van der Waals surface area contributed by atoms with Crippen LogP contribution < -0.4 is 5.32 Å². The molecule has 0 aliphatic heterocycles. The number of nitrogens with one attached hydrogen (secondary N) is 1.